The van der Waals surface area contributed by atoms with Gasteiger partial charge in [0.05, 0.1) is 0 Å². The Bertz CT molecular complexity index is 398. The lowest BCUT2D eigenvalue weighted by Crippen LogP contribution is -2.54. The number of unbranched alkanes of at least 4 members (excludes halogenated alkanes) is 10. The second kappa shape index (κ2) is 16.5. The molecule has 0 aromatic rings. The van der Waals surface area contributed by atoms with Gasteiger partial charge in [-0.1, -0.05) is 126 Å². The van der Waals surface area contributed by atoms with Gasteiger partial charge in [-0.15, -0.1) is 0 Å². The molecule has 2 nitrogen and oxygen atoms in total. The van der Waals surface area contributed by atoms with Crippen LogP contribution in [-0.2, 0) is 0 Å². The summed E-state index contributed by atoms with van der Waals surface area (Å²) in [4.78, 5) is 5.05. The van der Waals surface area contributed by atoms with Gasteiger partial charge < -0.3 is 9.80 Å². The first kappa shape index (κ1) is 31.9. The van der Waals surface area contributed by atoms with E-state index in [2.05, 4.69) is 86.5 Å². The molecule has 2 unspecified atom stereocenters. The molecule has 0 aromatic carbocycles. The smallest absolute Gasteiger partial charge is 0.0143 e. The third kappa shape index (κ3) is 10.9. The van der Waals surface area contributed by atoms with Gasteiger partial charge >= 0.3 is 0 Å². The Labute approximate surface area is 205 Å². The van der Waals surface area contributed by atoms with Gasteiger partial charge in [0.25, 0.3) is 0 Å². The first-order valence-corrected chi connectivity index (χ1v) is 14.3. The minimum atomic E-state index is 0.284. The van der Waals surface area contributed by atoms with Crippen LogP contribution in [0.15, 0.2) is 0 Å². The average Bonchev–Trinajstić information content (AvgIpc) is 2.70. The Hall–Kier alpha value is -0.0800. The van der Waals surface area contributed by atoms with E-state index in [0.717, 1.165) is 0 Å². The van der Waals surface area contributed by atoms with Crippen LogP contribution in [0.4, 0.5) is 0 Å². The molecule has 32 heavy (non-hydrogen) atoms. The highest BCUT2D eigenvalue weighted by molar-refractivity contribution is 4.98. The van der Waals surface area contributed by atoms with Crippen molar-refractivity contribution in [2.24, 2.45) is 16.7 Å². The van der Waals surface area contributed by atoms with E-state index in [-0.39, 0.29) is 10.8 Å². The number of nitrogens with zero attached hydrogens (tertiary/aromatic N) is 2. The summed E-state index contributed by atoms with van der Waals surface area (Å²) in [6.07, 6.45) is 19.3. The van der Waals surface area contributed by atoms with E-state index < -0.39 is 0 Å². The first-order valence-electron chi connectivity index (χ1n) is 14.3. The van der Waals surface area contributed by atoms with E-state index in [1.54, 1.807) is 0 Å². The van der Waals surface area contributed by atoms with E-state index >= 15 is 0 Å². The molecule has 0 aromatic heterocycles. The van der Waals surface area contributed by atoms with Crippen molar-refractivity contribution >= 4 is 0 Å². The quantitative estimate of drug-likeness (QED) is 0.170. The molecule has 0 saturated heterocycles. The molecule has 0 amide bonds. The van der Waals surface area contributed by atoms with Crippen LogP contribution in [0.5, 0.6) is 0 Å². The molecule has 0 saturated carbocycles. The third-order valence-corrected chi connectivity index (χ3v) is 8.86. The minimum Gasteiger partial charge on any atom is -0.306 e. The van der Waals surface area contributed by atoms with E-state index in [9.17, 15) is 0 Å². The zero-order valence-corrected chi connectivity index (χ0v) is 24.5. The predicted molar refractivity (Wildman–Crippen MR) is 148 cm³/mol. The van der Waals surface area contributed by atoms with Crippen molar-refractivity contribution < 1.29 is 0 Å². The van der Waals surface area contributed by atoms with Gasteiger partial charge in [0.15, 0.2) is 0 Å². The normalized spacial score (nSPS) is 16.0. The zero-order chi connectivity index (χ0) is 24.8. The highest BCUT2D eigenvalue weighted by Crippen LogP contribution is 2.48. The van der Waals surface area contributed by atoms with Gasteiger partial charge in [0, 0.05) is 12.1 Å². The fourth-order valence-corrected chi connectivity index (χ4v) is 6.36. The monoisotopic (exact) mass is 453 g/mol. The Balaban J connectivity index is 5.12. The summed E-state index contributed by atoms with van der Waals surface area (Å²) in [5, 5.41) is 0. The average molecular weight is 453 g/mol. The van der Waals surface area contributed by atoms with Crippen LogP contribution in [0.2, 0.25) is 0 Å². The Morgan fingerprint density at radius 1 is 0.500 bits per heavy atom. The van der Waals surface area contributed by atoms with Gasteiger partial charge in [-0.2, -0.15) is 0 Å². The van der Waals surface area contributed by atoms with Crippen LogP contribution < -0.4 is 0 Å². The fraction of sp³-hybridized carbons (Fsp3) is 1.00. The maximum absolute atomic E-state index is 2.55. The molecule has 0 radical (unpaired) electrons. The van der Waals surface area contributed by atoms with Crippen LogP contribution in [0.1, 0.15) is 138 Å². The van der Waals surface area contributed by atoms with Gasteiger partial charge in [0.2, 0.25) is 0 Å². The highest BCUT2D eigenvalue weighted by Gasteiger charge is 2.46. The summed E-state index contributed by atoms with van der Waals surface area (Å²) in [6, 6.07) is 1.28. The lowest BCUT2D eigenvalue weighted by molar-refractivity contribution is -0.0307. The molecule has 0 aliphatic rings. The second-order valence-corrected chi connectivity index (χ2v) is 12.4. The molecule has 2 atom stereocenters. The molecule has 2 heteroatoms. The third-order valence-electron chi connectivity index (χ3n) is 8.86. The molecule has 0 fully saturated rings. The van der Waals surface area contributed by atoms with Crippen molar-refractivity contribution in [2.75, 3.05) is 28.2 Å². The molecule has 0 aliphatic heterocycles. The predicted octanol–water partition coefficient (Wildman–Crippen LogP) is 9.04. The number of hydrogen-bond acceptors (Lipinski definition) is 2. The van der Waals surface area contributed by atoms with Crippen molar-refractivity contribution in [3.8, 4) is 0 Å². The van der Waals surface area contributed by atoms with Gasteiger partial charge in [0.1, 0.15) is 0 Å². The summed E-state index contributed by atoms with van der Waals surface area (Å²) in [6.45, 7) is 17.4. The van der Waals surface area contributed by atoms with Crippen LogP contribution >= 0.6 is 0 Å². The second-order valence-electron chi connectivity index (χ2n) is 12.4. The standard InChI is InChI=1S/C30H64N2/c1-12-14-16-18-20-22-24-27(31(8)9)29(4,5)26(3)30(6,7)28(32(10)11)25-23-21-19-17-15-13-2/h26-28H,12-25H2,1-11H3. The van der Waals surface area contributed by atoms with Crippen molar-refractivity contribution in [3.63, 3.8) is 0 Å². The number of rotatable bonds is 20. The lowest BCUT2D eigenvalue weighted by Gasteiger charge is -2.53. The summed E-state index contributed by atoms with van der Waals surface area (Å²) in [5.41, 5.74) is 0.567. The lowest BCUT2D eigenvalue weighted by atomic mass is 9.58. The van der Waals surface area contributed by atoms with Gasteiger partial charge in [-0.05, 0) is 57.8 Å². The molecular formula is C30H64N2. The fourth-order valence-electron chi connectivity index (χ4n) is 6.36. The highest BCUT2D eigenvalue weighted by atomic mass is 15.1. The maximum atomic E-state index is 2.55. The van der Waals surface area contributed by atoms with Crippen molar-refractivity contribution in [2.45, 2.75) is 150 Å². The summed E-state index contributed by atoms with van der Waals surface area (Å²) < 4.78 is 0. The van der Waals surface area contributed by atoms with Crippen LogP contribution in [-0.4, -0.2) is 50.1 Å². The molecule has 0 spiro atoms. The first-order chi connectivity index (χ1) is 14.9. The topological polar surface area (TPSA) is 6.48 Å². The Morgan fingerprint density at radius 2 is 0.781 bits per heavy atom. The largest absolute Gasteiger partial charge is 0.306 e. The minimum absolute atomic E-state index is 0.284. The SMILES string of the molecule is CCCCCCCCC(N(C)C)C(C)(C)C(C)C(C)(C)C(CCCCCCCC)N(C)C. The van der Waals surface area contributed by atoms with E-state index in [1.165, 1.54) is 89.9 Å². The summed E-state index contributed by atoms with van der Waals surface area (Å²) in [5.74, 6) is 0.648. The van der Waals surface area contributed by atoms with E-state index in [1.807, 2.05) is 0 Å². The molecule has 0 N–H and O–H groups in total. The summed E-state index contributed by atoms with van der Waals surface area (Å²) in [7, 11) is 9.23. The van der Waals surface area contributed by atoms with Crippen LogP contribution in [0.3, 0.4) is 0 Å². The maximum Gasteiger partial charge on any atom is 0.0143 e. The molecule has 194 valence electrons. The summed E-state index contributed by atoms with van der Waals surface area (Å²) >= 11 is 0. The Kier molecular flexibility index (Phi) is 16.5. The number of hydrogen-bond donors (Lipinski definition) is 0. The molecule has 0 bridgehead atoms. The van der Waals surface area contributed by atoms with Crippen molar-refractivity contribution in [1.82, 2.24) is 9.80 Å². The molecule has 0 heterocycles. The Morgan fingerprint density at radius 3 is 1.06 bits per heavy atom. The van der Waals surface area contributed by atoms with E-state index in [4.69, 9.17) is 0 Å². The molecule has 0 aliphatic carbocycles. The molecular weight excluding hydrogens is 388 g/mol. The van der Waals surface area contributed by atoms with Crippen molar-refractivity contribution in [1.29, 1.82) is 0 Å². The van der Waals surface area contributed by atoms with Crippen LogP contribution in [0.25, 0.3) is 0 Å². The van der Waals surface area contributed by atoms with Crippen molar-refractivity contribution in [3.05, 3.63) is 0 Å². The van der Waals surface area contributed by atoms with Crippen LogP contribution in [0, 0.1) is 16.7 Å². The molecule has 0 rings (SSSR count). The van der Waals surface area contributed by atoms with Gasteiger partial charge in [-0.3, -0.25) is 0 Å². The van der Waals surface area contributed by atoms with E-state index in [0.29, 0.717) is 18.0 Å². The zero-order valence-electron chi connectivity index (χ0n) is 24.5. The van der Waals surface area contributed by atoms with Gasteiger partial charge in [-0.25, -0.2) is 0 Å².